The summed E-state index contributed by atoms with van der Waals surface area (Å²) in [5.74, 6) is 2.89. The molecule has 1 aliphatic carbocycles. The van der Waals surface area contributed by atoms with Crippen LogP contribution in [0, 0.1) is 23.7 Å². The quantitative estimate of drug-likeness (QED) is 0.674. The molecule has 21 heavy (non-hydrogen) atoms. The van der Waals surface area contributed by atoms with Crippen molar-refractivity contribution in [1.29, 1.82) is 0 Å². The molecule has 0 aromatic rings. The first kappa shape index (κ1) is 19.0. The fraction of sp³-hybridized carbons (Fsp3) is 1.00. The molecule has 1 saturated carbocycles. The van der Waals surface area contributed by atoms with Crippen LogP contribution in [-0.2, 0) is 0 Å². The summed E-state index contributed by atoms with van der Waals surface area (Å²) < 4.78 is 0. The lowest BCUT2D eigenvalue weighted by atomic mass is 9.78. The highest BCUT2D eigenvalue weighted by molar-refractivity contribution is 4.82. The van der Waals surface area contributed by atoms with Gasteiger partial charge in [-0.1, -0.05) is 41.0 Å². The van der Waals surface area contributed by atoms with Gasteiger partial charge in [-0.15, -0.1) is 0 Å². The Labute approximate surface area is 133 Å². The van der Waals surface area contributed by atoms with Crippen LogP contribution in [0.2, 0.25) is 0 Å². The Balaban J connectivity index is 2.51. The first-order chi connectivity index (χ1) is 9.92. The Morgan fingerprint density at radius 2 is 1.57 bits per heavy atom. The van der Waals surface area contributed by atoms with Gasteiger partial charge in [-0.2, -0.15) is 0 Å². The van der Waals surface area contributed by atoms with E-state index in [1.807, 2.05) is 0 Å². The maximum absolute atomic E-state index is 10.4. The van der Waals surface area contributed by atoms with E-state index in [1.54, 1.807) is 0 Å². The number of nitrogens with zero attached hydrogens (tertiary/aromatic N) is 1. The predicted octanol–water partition coefficient (Wildman–Crippen LogP) is 4.57. The van der Waals surface area contributed by atoms with Crippen molar-refractivity contribution in [3.8, 4) is 0 Å². The molecule has 2 heteroatoms. The Morgan fingerprint density at radius 1 is 1.00 bits per heavy atom. The number of aliphatic hydroxyl groups is 1. The highest BCUT2D eigenvalue weighted by atomic mass is 16.3. The summed E-state index contributed by atoms with van der Waals surface area (Å²) >= 11 is 0. The maximum atomic E-state index is 10.4. The van der Waals surface area contributed by atoms with Crippen molar-refractivity contribution in [2.45, 2.75) is 79.2 Å². The average molecular weight is 298 g/mol. The predicted molar refractivity (Wildman–Crippen MR) is 92.5 cm³/mol. The molecule has 126 valence electrons. The van der Waals surface area contributed by atoms with E-state index in [0.29, 0.717) is 5.92 Å². The van der Waals surface area contributed by atoms with Gasteiger partial charge in [0.15, 0.2) is 0 Å². The average Bonchev–Trinajstić information content (AvgIpc) is 2.43. The molecule has 0 bridgehead atoms. The lowest BCUT2D eigenvalue weighted by Gasteiger charge is -2.37. The van der Waals surface area contributed by atoms with E-state index in [-0.39, 0.29) is 6.10 Å². The van der Waals surface area contributed by atoms with E-state index < -0.39 is 0 Å². The topological polar surface area (TPSA) is 23.5 Å². The minimum atomic E-state index is -0.0617. The summed E-state index contributed by atoms with van der Waals surface area (Å²) in [5.41, 5.74) is 0. The lowest BCUT2D eigenvalue weighted by molar-refractivity contribution is 0.0252. The molecule has 2 nitrogen and oxygen atoms in total. The Morgan fingerprint density at radius 3 is 2.05 bits per heavy atom. The van der Waals surface area contributed by atoms with E-state index in [4.69, 9.17) is 0 Å². The highest BCUT2D eigenvalue weighted by Crippen LogP contribution is 2.32. The Bertz CT molecular complexity index is 252. The molecule has 1 aliphatic rings. The summed E-state index contributed by atoms with van der Waals surface area (Å²) in [6.45, 7) is 15.0. The summed E-state index contributed by atoms with van der Waals surface area (Å²) in [5, 5.41) is 10.4. The third kappa shape index (κ3) is 7.65. The molecule has 0 amide bonds. The third-order valence-corrected chi connectivity index (χ3v) is 5.17. The van der Waals surface area contributed by atoms with Crippen LogP contribution in [-0.4, -0.2) is 35.7 Å². The van der Waals surface area contributed by atoms with Crippen LogP contribution in [0.5, 0.6) is 0 Å². The van der Waals surface area contributed by atoms with Gasteiger partial charge in [0.05, 0.1) is 6.10 Å². The van der Waals surface area contributed by atoms with E-state index in [0.717, 1.165) is 30.7 Å². The number of hydrogen-bond acceptors (Lipinski definition) is 2. The maximum Gasteiger partial charge on any atom is 0.0580 e. The molecule has 3 atom stereocenters. The second kappa shape index (κ2) is 9.84. The second-order valence-corrected chi connectivity index (χ2v) is 8.08. The zero-order valence-corrected chi connectivity index (χ0v) is 15.1. The van der Waals surface area contributed by atoms with E-state index in [9.17, 15) is 5.11 Å². The van der Waals surface area contributed by atoms with Gasteiger partial charge in [-0.05, 0) is 68.9 Å². The summed E-state index contributed by atoms with van der Waals surface area (Å²) in [4.78, 5) is 2.63. The van der Waals surface area contributed by atoms with Gasteiger partial charge in [0.2, 0.25) is 0 Å². The number of rotatable bonds is 9. The van der Waals surface area contributed by atoms with E-state index in [2.05, 4.69) is 39.5 Å². The van der Waals surface area contributed by atoms with Gasteiger partial charge in [0, 0.05) is 6.54 Å². The van der Waals surface area contributed by atoms with Gasteiger partial charge in [-0.25, -0.2) is 0 Å². The molecule has 0 aromatic heterocycles. The minimum Gasteiger partial charge on any atom is -0.393 e. The fourth-order valence-electron chi connectivity index (χ4n) is 3.42. The highest BCUT2D eigenvalue weighted by Gasteiger charge is 2.29. The van der Waals surface area contributed by atoms with Crippen LogP contribution in [0.3, 0.4) is 0 Å². The van der Waals surface area contributed by atoms with Crippen molar-refractivity contribution in [1.82, 2.24) is 4.90 Å². The molecule has 1 N–H and O–H groups in total. The van der Waals surface area contributed by atoms with Crippen LogP contribution >= 0.6 is 0 Å². The summed E-state index contributed by atoms with van der Waals surface area (Å²) in [6.07, 6.45) is 7.25. The number of aliphatic hydroxyl groups excluding tert-OH is 1. The normalized spacial score (nSPS) is 27.0. The lowest BCUT2D eigenvalue weighted by Crippen LogP contribution is -2.40. The van der Waals surface area contributed by atoms with E-state index in [1.165, 1.54) is 45.2 Å². The third-order valence-electron chi connectivity index (χ3n) is 5.17. The molecule has 1 rings (SSSR count). The van der Waals surface area contributed by atoms with Crippen LogP contribution in [0.15, 0.2) is 0 Å². The molecule has 0 spiro atoms. The van der Waals surface area contributed by atoms with Crippen molar-refractivity contribution in [3.05, 3.63) is 0 Å². The first-order valence-corrected chi connectivity index (χ1v) is 9.32. The smallest absolute Gasteiger partial charge is 0.0580 e. The minimum absolute atomic E-state index is 0.0617. The van der Waals surface area contributed by atoms with Crippen LogP contribution < -0.4 is 0 Å². The van der Waals surface area contributed by atoms with Gasteiger partial charge in [0.1, 0.15) is 0 Å². The van der Waals surface area contributed by atoms with Gasteiger partial charge in [-0.3, -0.25) is 0 Å². The molecule has 0 aliphatic heterocycles. The molecule has 0 heterocycles. The molecule has 0 aromatic carbocycles. The largest absolute Gasteiger partial charge is 0.393 e. The molecule has 1 fully saturated rings. The Kier molecular flexibility index (Phi) is 8.89. The molecular formula is C19H39NO. The standard InChI is InChI=1S/C19H39NO/c1-6-17-7-8-19(21)18(13-17)14-20(11-9-15(2)3)12-10-16(4)5/h15-19,21H,6-14H2,1-5H3. The van der Waals surface area contributed by atoms with Crippen LogP contribution in [0.25, 0.3) is 0 Å². The van der Waals surface area contributed by atoms with Gasteiger partial charge >= 0.3 is 0 Å². The summed E-state index contributed by atoms with van der Waals surface area (Å²) in [6, 6.07) is 0. The van der Waals surface area contributed by atoms with Crippen molar-refractivity contribution < 1.29 is 5.11 Å². The van der Waals surface area contributed by atoms with Gasteiger partial charge < -0.3 is 10.0 Å². The molecular weight excluding hydrogens is 258 g/mol. The molecule has 3 unspecified atom stereocenters. The van der Waals surface area contributed by atoms with Crippen LogP contribution in [0.1, 0.15) is 73.1 Å². The first-order valence-electron chi connectivity index (χ1n) is 9.32. The second-order valence-electron chi connectivity index (χ2n) is 8.08. The van der Waals surface area contributed by atoms with E-state index >= 15 is 0 Å². The molecule has 0 radical (unpaired) electrons. The Hall–Kier alpha value is -0.0800. The SMILES string of the molecule is CCC1CCC(O)C(CN(CCC(C)C)CCC(C)C)C1. The number of hydrogen-bond donors (Lipinski definition) is 1. The summed E-state index contributed by atoms with van der Waals surface area (Å²) in [7, 11) is 0. The zero-order valence-electron chi connectivity index (χ0n) is 15.1. The van der Waals surface area contributed by atoms with Crippen molar-refractivity contribution in [3.63, 3.8) is 0 Å². The zero-order chi connectivity index (χ0) is 15.8. The monoisotopic (exact) mass is 297 g/mol. The van der Waals surface area contributed by atoms with Crippen molar-refractivity contribution in [2.24, 2.45) is 23.7 Å². The molecule has 0 saturated heterocycles. The van der Waals surface area contributed by atoms with Crippen molar-refractivity contribution >= 4 is 0 Å². The van der Waals surface area contributed by atoms with Gasteiger partial charge in [0.25, 0.3) is 0 Å². The van der Waals surface area contributed by atoms with Crippen molar-refractivity contribution in [2.75, 3.05) is 19.6 Å². The van der Waals surface area contributed by atoms with Crippen LogP contribution in [0.4, 0.5) is 0 Å². The fourth-order valence-corrected chi connectivity index (χ4v) is 3.42.